The van der Waals surface area contributed by atoms with Crippen molar-refractivity contribution in [3.63, 3.8) is 0 Å². The summed E-state index contributed by atoms with van der Waals surface area (Å²) >= 11 is 12.3. The van der Waals surface area contributed by atoms with Crippen LogP contribution >= 0.6 is 23.2 Å². The van der Waals surface area contributed by atoms with Gasteiger partial charge in [0, 0.05) is 30.4 Å². The number of benzene rings is 2. The zero-order valence-electron chi connectivity index (χ0n) is 15.8. The Kier molecular flexibility index (Phi) is 6.73. The lowest BCUT2D eigenvalue weighted by molar-refractivity contribution is 0.102. The molecule has 3 aromatic rings. The van der Waals surface area contributed by atoms with Crippen molar-refractivity contribution < 1.29 is 4.79 Å². The quantitative estimate of drug-likeness (QED) is 0.467. The monoisotopic (exact) mass is 416 g/mol. The molecule has 7 heteroatoms. The molecule has 3 rings (SSSR count). The summed E-state index contributed by atoms with van der Waals surface area (Å²) < 4.78 is 0. The number of anilines is 2. The van der Waals surface area contributed by atoms with Crippen molar-refractivity contribution in [2.24, 2.45) is 0 Å². The Bertz CT molecular complexity index is 987. The topological polar surface area (TPSA) is 66.1 Å². The van der Waals surface area contributed by atoms with Crippen molar-refractivity contribution in [2.75, 3.05) is 30.3 Å². The molecule has 146 valence electrons. The van der Waals surface area contributed by atoms with Gasteiger partial charge in [-0.2, -0.15) is 0 Å². The number of rotatable bonds is 7. The number of aryl methyl sites for hydroxylation is 1. The van der Waals surface area contributed by atoms with Gasteiger partial charge in [0.15, 0.2) is 0 Å². The summed E-state index contributed by atoms with van der Waals surface area (Å²) in [4.78, 5) is 17.3. The molecule has 0 fully saturated rings. The Labute approximate surface area is 174 Å². The highest BCUT2D eigenvalue weighted by Crippen LogP contribution is 2.31. The van der Waals surface area contributed by atoms with E-state index in [4.69, 9.17) is 23.2 Å². The maximum Gasteiger partial charge on any atom is 0.258 e. The van der Waals surface area contributed by atoms with Crippen LogP contribution < -0.4 is 16.0 Å². The van der Waals surface area contributed by atoms with Crippen LogP contribution in [0.5, 0.6) is 0 Å². The van der Waals surface area contributed by atoms with Crippen molar-refractivity contribution in [3.8, 4) is 0 Å². The number of carbonyl (C=O) groups is 1. The second-order valence-corrected chi connectivity index (χ2v) is 7.16. The number of amides is 1. The Hall–Kier alpha value is -2.34. The Balaban J connectivity index is 1.93. The smallest absolute Gasteiger partial charge is 0.258 e. The van der Waals surface area contributed by atoms with E-state index in [9.17, 15) is 4.79 Å². The van der Waals surface area contributed by atoms with Gasteiger partial charge in [-0.05, 0) is 37.2 Å². The van der Waals surface area contributed by atoms with Crippen molar-refractivity contribution in [3.05, 3.63) is 63.8 Å². The first-order chi connectivity index (χ1) is 13.5. The summed E-state index contributed by atoms with van der Waals surface area (Å²) in [7, 11) is 0. The maximum atomic E-state index is 12.8. The number of nitrogens with zero attached hydrogens (tertiary/aromatic N) is 1. The third kappa shape index (κ3) is 4.38. The van der Waals surface area contributed by atoms with Gasteiger partial charge in [-0.15, -0.1) is 0 Å². The molecule has 0 aliphatic rings. The van der Waals surface area contributed by atoms with E-state index in [0.717, 1.165) is 36.3 Å². The summed E-state index contributed by atoms with van der Waals surface area (Å²) in [5.41, 5.74) is 3.61. The van der Waals surface area contributed by atoms with E-state index in [1.165, 1.54) is 0 Å². The van der Waals surface area contributed by atoms with Crippen molar-refractivity contribution in [2.45, 2.75) is 13.8 Å². The zero-order chi connectivity index (χ0) is 20.1. The number of pyridine rings is 1. The molecule has 0 atom stereocenters. The normalized spacial score (nSPS) is 10.9. The minimum atomic E-state index is -0.368. The van der Waals surface area contributed by atoms with Gasteiger partial charge < -0.3 is 16.0 Å². The summed E-state index contributed by atoms with van der Waals surface area (Å²) in [6, 6.07) is 10.7. The molecule has 0 unspecified atom stereocenters. The van der Waals surface area contributed by atoms with Crippen LogP contribution in [0, 0.1) is 6.92 Å². The largest absolute Gasteiger partial charge is 0.383 e. The molecule has 28 heavy (non-hydrogen) atoms. The summed E-state index contributed by atoms with van der Waals surface area (Å²) in [5, 5.41) is 11.2. The average molecular weight is 417 g/mol. The summed E-state index contributed by atoms with van der Waals surface area (Å²) in [6.45, 7) is 6.67. The molecular weight excluding hydrogens is 395 g/mol. The van der Waals surface area contributed by atoms with E-state index in [0.29, 0.717) is 21.2 Å². The van der Waals surface area contributed by atoms with Gasteiger partial charge in [-0.1, -0.05) is 48.3 Å². The van der Waals surface area contributed by atoms with Crippen molar-refractivity contribution in [1.82, 2.24) is 10.3 Å². The van der Waals surface area contributed by atoms with E-state index < -0.39 is 0 Å². The Morgan fingerprint density at radius 2 is 1.79 bits per heavy atom. The number of nitrogens with one attached hydrogen (secondary N) is 3. The second kappa shape index (κ2) is 9.24. The minimum absolute atomic E-state index is 0.249. The molecule has 5 nitrogen and oxygen atoms in total. The van der Waals surface area contributed by atoms with Gasteiger partial charge in [0.2, 0.25) is 0 Å². The van der Waals surface area contributed by atoms with Gasteiger partial charge in [-0.25, -0.2) is 0 Å². The summed E-state index contributed by atoms with van der Waals surface area (Å²) in [5.74, 6) is -0.368. The fraction of sp³-hybridized carbons (Fsp3) is 0.238. The molecular formula is C21H22Cl2N4O. The predicted molar refractivity (Wildman–Crippen MR) is 118 cm³/mol. The SMILES string of the molecule is CCNCCNc1c(C)cnc2c(NC(=O)c3c(Cl)cccc3Cl)cccc12. The fourth-order valence-electron chi connectivity index (χ4n) is 3.01. The molecule has 1 aromatic heterocycles. The lowest BCUT2D eigenvalue weighted by atomic mass is 10.1. The van der Waals surface area contributed by atoms with Crippen LogP contribution in [0.2, 0.25) is 10.0 Å². The van der Waals surface area contributed by atoms with Crippen LogP contribution in [-0.4, -0.2) is 30.5 Å². The van der Waals surface area contributed by atoms with E-state index >= 15 is 0 Å². The molecule has 0 bridgehead atoms. The van der Waals surface area contributed by atoms with Gasteiger partial charge in [0.25, 0.3) is 5.91 Å². The second-order valence-electron chi connectivity index (χ2n) is 6.35. The number of aromatic nitrogens is 1. The molecule has 2 aromatic carbocycles. The van der Waals surface area contributed by atoms with Crippen molar-refractivity contribution >= 4 is 51.4 Å². The highest BCUT2D eigenvalue weighted by molar-refractivity contribution is 6.40. The molecule has 0 radical (unpaired) electrons. The highest BCUT2D eigenvalue weighted by atomic mass is 35.5. The third-order valence-electron chi connectivity index (χ3n) is 4.38. The van der Waals surface area contributed by atoms with Crippen LogP contribution in [0.1, 0.15) is 22.8 Å². The highest BCUT2D eigenvalue weighted by Gasteiger charge is 2.17. The van der Waals surface area contributed by atoms with Gasteiger partial charge in [0.05, 0.1) is 26.8 Å². The van der Waals surface area contributed by atoms with E-state index in [1.807, 2.05) is 25.1 Å². The molecule has 0 saturated carbocycles. The molecule has 0 spiro atoms. The third-order valence-corrected chi connectivity index (χ3v) is 5.01. The predicted octanol–water partition coefficient (Wildman–Crippen LogP) is 5.12. The fourth-order valence-corrected chi connectivity index (χ4v) is 3.58. The number of para-hydroxylation sites is 1. The first-order valence-corrected chi connectivity index (χ1v) is 9.86. The van der Waals surface area contributed by atoms with E-state index in [-0.39, 0.29) is 11.5 Å². The van der Waals surface area contributed by atoms with E-state index in [1.54, 1.807) is 24.4 Å². The maximum absolute atomic E-state index is 12.8. The molecule has 0 saturated heterocycles. The Morgan fingerprint density at radius 3 is 2.50 bits per heavy atom. The van der Waals surface area contributed by atoms with E-state index in [2.05, 4.69) is 27.9 Å². The first kappa shape index (κ1) is 20.4. The molecule has 0 aliphatic carbocycles. The number of fused-ring (bicyclic) bond motifs is 1. The van der Waals surface area contributed by atoms with Gasteiger partial charge in [-0.3, -0.25) is 9.78 Å². The van der Waals surface area contributed by atoms with Crippen LogP contribution in [0.3, 0.4) is 0 Å². The lowest BCUT2D eigenvalue weighted by Crippen LogP contribution is -2.22. The number of carbonyl (C=O) groups excluding carboxylic acids is 1. The number of hydrogen-bond acceptors (Lipinski definition) is 4. The van der Waals surface area contributed by atoms with Crippen LogP contribution in [-0.2, 0) is 0 Å². The Morgan fingerprint density at radius 1 is 1.07 bits per heavy atom. The van der Waals surface area contributed by atoms with Gasteiger partial charge in [0.1, 0.15) is 0 Å². The molecule has 3 N–H and O–H groups in total. The van der Waals surface area contributed by atoms with Crippen LogP contribution in [0.25, 0.3) is 10.9 Å². The summed E-state index contributed by atoms with van der Waals surface area (Å²) in [6.07, 6.45) is 1.80. The lowest BCUT2D eigenvalue weighted by Gasteiger charge is -2.15. The number of halogens is 2. The standard InChI is InChI=1S/C21H22Cl2N4O/c1-3-24-10-11-25-19-13(2)12-26-20-14(19)6-4-9-17(20)27-21(28)18-15(22)7-5-8-16(18)23/h4-9,12,24H,3,10-11H2,1-2H3,(H,25,26)(H,27,28). The minimum Gasteiger partial charge on any atom is -0.383 e. The first-order valence-electron chi connectivity index (χ1n) is 9.11. The number of likely N-dealkylation sites (N-methyl/N-ethyl adjacent to an activating group) is 1. The average Bonchev–Trinajstić information content (AvgIpc) is 2.66. The van der Waals surface area contributed by atoms with Gasteiger partial charge >= 0.3 is 0 Å². The molecule has 1 heterocycles. The molecule has 1 amide bonds. The zero-order valence-corrected chi connectivity index (χ0v) is 17.3. The molecule has 0 aliphatic heterocycles. The van der Waals surface area contributed by atoms with Crippen LogP contribution in [0.4, 0.5) is 11.4 Å². The van der Waals surface area contributed by atoms with Crippen molar-refractivity contribution in [1.29, 1.82) is 0 Å². The number of hydrogen-bond donors (Lipinski definition) is 3. The van der Waals surface area contributed by atoms with Crippen LogP contribution in [0.15, 0.2) is 42.6 Å².